The Balaban J connectivity index is 1.36. The third-order valence-electron chi connectivity index (χ3n) is 9.79. The van der Waals surface area contributed by atoms with Crippen molar-refractivity contribution in [2.75, 3.05) is 0 Å². The lowest BCUT2D eigenvalue weighted by molar-refractivity contribution is 0.918. The maximum Gasteiger partial charge on any atom is 0.101 e. The Labute approximate surface area is 294 Å². The standard InChI is InChI=1S/C47H30N4/c1-5-15-31(16-6-1)39-29-27-34-25-26-35-28-30-40(49-46(35)45(34)48-39)42-37-23-13-14-24-38(37)47-43(41(42)32-17-7-2-8-18-32)44(33-19-9-3-10-20-33)50-51(47)36-21-11-4-12-22-36/h1-30H. The van der Waals surface area contributed by atoms with E-state index in [0.717, 1.165) is 94.1 Å². The first-order chi connectivity index (χ1) is 25.3. The smallest absolute Gasteiger partial charge is 0.101 e. The van der Waals surface area contributed by atoms with Gasteiger partial charge in [0.15, 0.2) is 0 Å². The molecule has 0 N–H and O–H groups in total. The van der Waals surface area contributed by atoms with Gasteiger partial charge < -0.3 is 0 Å². The summed E-state index contributed by atoms with van der Waals surface area (Å²) in [4.78, 5) is 10.7. The summed E-state index contributed by atoms with van der Waals surface area (Å²) in [6.45, 7) is 0. The number of rotatable bonds is 5. The van der Waals surface area contributed by atoms with Gasteiger partial charge in [0.1, 0.15) is 5.69 Å². The molecule has 3 aromatic heterocycles. The zero-order chi connectivity index (χ0) is 33.7. The Morgan fingerprint density at radius 1 is 0.373 bits per heavy atom. The van der Waals surface area contributed by atoms with Crippen LogP contribution in [0.2, 0.25) is 0 Å². The highest BCUT2D eigenvalue weighted by Gasteiger charge is 2.26. The minimum Gasteiger partial charge on any atom is -0.245 e. The van der Waals surface area contributed by atoms with Crippen LogP contribution in [0.1, 0.15) is 0 Å². The van der Waals surface area contributed by atoms with Crippen molar-refractivity contribution in [2.45, 2.75) is 0 Å². The van der Waals surface area contributed by atoms with Crippen LogP contribution in [0.3, 0.4) is 0 Å². The molecule has 7 aromatic carbocycles. The first-order valence-corrected chi connectivity index (χ1v) is 17.2. The van der Waals surface area contributed by atoms with Gasteiger partial charge in [-0.25, -0.2) is 14.6 Å². The lowest BCUT2D eigenvalue weighted by atomic mass is 9.87. The van der Waals surface area contributed by atoms with Crippen LogP contribution >= 0.6 is 0 Å². The van der Waals surface area contributed by atoms with Gasteiger partial charge in [0, 0.05) is 43.8 Å². The summed E-state index contributed by atoms with van der Waals surface area (Å²) in [5.74, 6) is 0. The summed E-state index contributed by atoms with van der Waals surface area (Å²) in [6, 6.07) is 63.6. The quantitative estimate of drug-likeness (QED) is 0.174. The first kappa shape index (κ1) is 29.0. The van der Waals surface area contributed by atoms with E-state index >= 15 is 0 Å². The van der Waals surface area contributed by atoms with Crippen LogP contribution in [-0.2, 0) is 0 Å². The van der Waals surface area contributed by atoms with E-state index in [-0.39, 0.29) is 0 Å². The number of benzene rings is 7. The second kappa shape index (κ2) is 11.9. The molecule has 10 aromatic rings. The van der Waals surface area contributed by atoms with Gasteiger partial charge in [-0.05, 0) is 35.2 Å². The number of para-hydroxylation sites is 1. The van der Waals surface area contributed by atoms with Crippen LogP contribution in [0.25, 0.3) is 94.1 Å². The molecule has 3 heterocycles. The summed E-state index contributed by atoms with van der Waals surface area (Å²) in [5, 5.41) is 10.9. The predicted octanol–water partition coefficient (Wildman–Crippen LogP) is 11.9. The highest BCUT2D eigenvalue weighted by atomic mass is 15.3. The Bertz CT molecular complexity index is 2880. The molecule has 0 radical (unpaired) electrons. The average Bonchev–Trinajstić information content (AvgIpc) is 3.62. The normalized spacial score (nSPS) is 11.5. The molecular formula is C47H30N4. The number of aromatic nitrogens is 4. The van der Waals surface area contributed by atoms with Gasteiger partial charge >= 0.3 is 0 Å². The number of hydrogen-bond acceptors (Lipinski definition) is 3. The van der Waals surface area contributed by atoms with Crippen LogP contribution in [0.4, 0.5) is 0 Å². The second-order valence-corrected chi connectivity index (χ2v) is 12.8. The fourth-order valence-electron chi connectivity index (χ4n) is 7.46. The minimum absolute atomic E-state index is 0.884. The summed E-state index contributed by atoms with van der Waals surface area (Å²) in [5.41, 5.74) is 12.0. The molecule has 238 valence electrons. The zero-order valence-electron chi connectivity index (χ0n) is 27.6. The number of nitrogens with zero attached hydrogens (tertiary/aromatic N) is 4. The van der Waals surface area contributed by atoms with Gasteiger partial charge in [0.25, 0.3) is 0 Å². The van der Waals surface area contributed by atoms with Crippen LogP contribution in [0, 0.1) is 0 Å². The van der Waals surface area contributed by atoms with Gasteiger partial charge in [-0.2, -0.15) is 5.10 Å². The molecule has 0 saturated carbocycles. The maximum absolute atomic E-state index is 5.53. The molecule has 0 spiro atoms. The molecule has 0 aliphatic carbocycles. The first-order valence-electron chi connectivity index (χ1n) is 17.2. The van der Waals surface area contributed by atoms with Crippen molar-refractivity contribution in [3.63, 3.8) is 0 Å². The lowest BCUT2D eigenvalue weighted by Gasteiger charge is -2.18. The summed E-state index contributed by atoms with van der Waals surface area (Å²) in [6.07, 6.45) is 0. The average molecular weight is 651 g/mol. The van der Waals surface area contributed by atoms with Crippen molar-refractivity contribution in [3.8, 4) is 50.6 Å². The van der Waals surface area contributed by atoms with E-state index in [4.69, 9.17) is 15.1 Å². The molecule has 0 saturated heterocycles. The zero-order valence-corrected chi connectivity index (χ0v) is 27.6. The molecule has 0 unspecified atom stereocenters. The van der Waals surface area contributed by atoms with Crippen molar-refractivity contribution in [1.29, 1.82) is 0 Å². The molecular weight excluding hydrogens is 621 g/mol. The lowest BCUT2D eigenvalue weighted by Crippen LogP contribution is -1.98. The Kier molecular flexibility index (Phi) is 6.78. The minimum atomic E-state index is 0.884. The Morgan fingerprint density at radius 3 is 1.51 bits per heavy atom. The molecule has 0 aliphatic rings. The van der Waals surface area contributed by atoms with Crippen molar-refractivity contribution in [2.24, 2.45) is 0 Å². The molecule has 0 atom stereocenters. The van der Waals surface area contributed by atoms with Gasteiger partial charge in [-0.3, -0.25) is 0 Å². The van der Waals surface area contributed by atoms with Crippen LogP contribution < -0.4 is 0 Å². The third-order valence-corrected chi connectivity index (χ3v) is 9.79. The van der Waals surface area contributed by atoms with E-state index in [2.05, 4.69) is 175 Å². The fourth-order valence-corrected chi connectivity index (χ4v) is 7.46. The molecule has 0 bridgehead atoms. The van der Waals surface area contributed by atoms with Gasteiger partial charge in [-0.1, -0.05) is 158 Å². The number of hydrogen-bond donors (Lipinski definition) is 0. The maximum atomic E-state index is 5.53. The van der Waals surface area contributed by atoms with Crippen molar-refractivity contribution < 1.29 is 0 Å². The van der Waals surface area contributed by atoms with E-state index in [0.29, 0.717) is 0 Å². The van der Waals surface area contributed by atoms with E-state index in [1.165, 1.54) is 0 Å². The Hall–Kier alpha value is -6.91. The predicted molar refractivity (Wildman–Crippen MR) is 211 cm³/mol. The molecule has 4 heteroatoms. The number of fused-ring (bicyclic) bond motifs is 6. The fraction of sp³-hybridized carbons (Fsp3) is 0. The SMILES string of the molecule is c1ccc(-c2ccc3ccc4ccc(-c5c(-c6ccccc6)c6c(-c7ccccc7)nn(-c7ccccc7)c6c6ccccc56)nc4c3n2)cc1. The van der Waals surface area contributed by atoms with Crippen LogP contribution in [0.15, 0.2) is 182 Å². The van der Waals surface area contributed by atoms with E-state index in [1.807, 2.05) is 12.1 Å². The summed E-state index contributed by atoms with van der Waals surface area (Å²) < 4.78 is 2.12. The topological polar surface area (TPSA) is 43.6 Å². The highest BCUT2D eigenvalue weighted by Crippen LogP contribution is 2.48. The molecule has 0 amide bonds. The van der Waals surface area contributed by atoms with Crippen molar-refractivity contribution in [3.05, 3.63) is 182 Å². The van der Waals surface area contributed by atoms with E-state index < -0.39 is 0 Å². The summed E-state index contributed by atoms with van der Waals surface area (Å²) >= 11 is 0. The van der Waals surface area contributed by atoms with Gasteiger partial charge in [0.05, 0.1) is 33.6 Å². The van der Waals surface area contributed by atoms with Crippen LogP contribution in [0.5, 0.6) is 0 Å². The van der Waals surface area contributed by atoms with E-state index in [1.54, 1.807) is 0 Å². The van der Waals surface area contributed by atoms with Gasteiger partial charge in [-0.15, -0.1) is 0 Å². The monoisotopic (exact) mass is 650 g/mol. The second-order valence-electron chi connectivity index (χ2n) is 12.8. The van der Waals surface area contributed by atoms with E-state index in [9.17, 15) is 0 Å². The Morgan fingerprint density at radius 2 is 0.863 bits per heavy atom. The van der Waals surface area contributed by atoms with Crippen molar-refractivity contribution in [1.82, 2.24) is 19.7 Å². The molecule has 10 rings (SSSR count). The molecule has 0 aliphatic heterocycles. The summed E-state index contributed by atoms with van der Waals surface area (Å²) in [7, 11) is 0. The molecule has 4 nitrogen and oxygen atoms in total. The van der Waals surface area contributed by atoms with Crippen molar-refractivity contribution >= 4 is 43.5 Å². The molecule has 51 heavy (non-hydrogen) atoms. The number of pyridine rings is 2. The third kappa shape index (κ3) is 4.80. The highest BCUT2D eigenvalue weighted by molar-refractivity contribution is 6.24. The molecule has 0 fully saturated rings. The van der Waals surface area contributed by atoms with Gasteiger partial charge in [0.2, 0.25) is 0 Å². The largest absolute Gasteiger partial charge is 0.245 e. The van der Waals surface area contributed by atoms with Crippen LogP contribution in [-0.4, -0.2) is 19.7 Å².